The van der Waals surface area contributed by atoms with Crippen molar-refractivity contribution in [1.29, 1.82) is 0 Å². The molecule has 6 nitrogen and oxygen atoms in total. The second kappa shape index (κ2) is 7.04. The van der Waals surface area contributed by atoms with E-state index in [2.05, 4.69) is 20.8 Å². The van der Waals surface area contributed by atoms with E-state index in [1.54, 1.807) is 31.2 Å². The number of carbonyl (C=O) groups excluding carboxylic acids is 1. The van der Waals surface area contributed by atoms with Gasteiger partial charge in [0.2, 0.25) is 0 Å². The lowest BCUT2D eigenvalue weighted by atomic mass is 10.2. The number of hydrogen-bond donors (Lipinski definition) is 3. The summed E-state index contributed by atoms with van der Waals surface area (Å²) in [4.78, 5) is 11.6. The molecule has 22 heavy (non-hydrogen) atoms. The number of esters is 1. The lowest BCUT2D eigenvalue weighted by Gasteiger charge is -2.11. The van der Waals surface area contributed by atoms with Gasteiger partial charge in [-0.3, -0.25) is 5.10 Å². The summed E-state index contributed by atoms with van der Waals surface area (Å²) in [5.74, 6) is -0.334. The van der Waals surface area contributed by atoms with Gasteiger partial charge in [-0.2, -0.15) is 5.10 Å². The molecule has 0 spiro atoms. The molecule has 0 bridgehead atoms. The van der Waals surface area contributed by atoms with Gasteiger partial charge < -0.3 is 15.4 Å². The van der Waals surface area contributed by atoms with Gasteiger partial charge in [-0.05, 0) is 57.3 Å². The summed E-state index contributed by atoms with van der Waals surface area (Å²) in [6.07, 6.45) is 0. The number of ether oxygens (including phenoxy) is 1. The second-order valence-corrected chi connectivity index (χ2v) is 5.09. The highest BCUT2D eigenvalue weighted by Crippen LogP contribution is 2.17. The SMILES string of the molecule is CCOC(=O)c1ccc(NC(=S)Nc2c(C)n[nH]c2C)cc1. The Labute approximate surface area is 134 Å². The van der Waals surface area contributed by atoms with Crippen molar-refractivity contribution in [3.05, 3.63) is 41.2 Å². The zero-order valence-corrected chi connectivity index (χ0v) is 13.5. The lowest BCUT2D eigenvalue weighted by molar-refractivity contribution is 0.0526. The number of benzene rings is 1. The number of aromatic amines is 1. The molecule has 0 radical (unpaired) electrons. The highest BCUT2D eigenvalue weighted by atomic mass is 32.1. The molecule has 0 unspecified atom stereocenters. The van der Waals surface area contributed by atoms with Crippen molar-refractivity contribution in [2.45, 2.75) is 20.8 Å². The number of rotatable bonds is 4. The summed E-state index contributed by atoms with van der Waals surface area (Å²) in [7, 11) is 0. The first-order chi connectivity index (χ1) is 10.5. The van der Waals surface area contributed by atoms with Crippen molar-refractivity contribution >= 4 is 34.7 Å². The molecule has 0 saturated carbocycles. The topological polar surface area (TPSA) is 79.0 Å². The van der Waals surface area contributed by atoms with Crippen molar-refractivity contribution in [3.8, 4) is 0 Å². The van der Waals surface area contributed by atoms with Crippen LogP contribution >= 0.6 is 12.2 Å². The fourth-order valence-electron chi connectivity index (χ4n) is 1.92. The third kappa shape index (κ3) is 3.82. The maximum absolute atomic E-state index is 11.6. The van der Waals surface area contributed by atoms with Gasteiger partial charge in [0, 0.05) is 5.69 Å². The summed E-state index contributed by atoms with van der Waals surface area (Å²) in [5, 5.41) is 13.6. The van der Waals surface area contributed by atoms with Gasteiger partial charge in [0.05, 0.1) is 29.2 Å². The predicted octanol–water partition coefficient (Wildman–Crippen LogP) is 3.01. The molecule has 0 aliphatic rings. The minimum absolute atomic E-state index is 0.334. The zero-order valence-electron chi connectivity index (χ0n) is 12.7. The zero-order chi connectivity index (χ0) is 16.1. The Kier molecular flexibility index (Phi) is 5.11. The molecule has 3 N–H and O–H groups in total. The van der Waals surface area contributed by atoms with E-state index in [0.717, 1.165) is 22.8 Å². The van der Waals surface area contributed by atoms with E-state index in [9.17, 15) is 4.79 Å². The Morgan fingerprint density at radius 2 is 1.95 bits per heavy atom. The molecule has 0 aliphatic carbocycles. The van der Waals surface area contributed by atoms with Crippen molar-refractivity contribution in [1.82, 2.24) is 10.2 Å². The number of aromatic nitrogens is 2. The van der Waals surface area contributed by atoms with Gasteiger partial charge in [0.1, 0.15) is 0 Å². The number of thiocarbonyl (C=S) groups is 1. The molecule has 2 rings (SSSR count). The third-order valence-electron chi connectivity index (χ3n) is 3.02. The van der Waals surface area contributed by atoms with Crippen molar-refractivity contribution in [3.63, 3.8) is 0 Å². The Balaban J connectivity index is 1.99. The van der Waals surface area contributed by atoms with E-state index < -0.39 is 0 Å². The largest absolute Gasteiger partial charge is 0.462 e. The second-order valence-electron chi connectivity index (χ2n) is 4.69. The summed E-state index contributed by atoms with van der Waals surface area (Å²) in [6.45, 7) is 5.94. The molecule has 7 heteroatoms. The van der Waals surface area contributed by atoms with Crippen LogP contribution in [0.1, 0.15) is 28.7 Å². The summed E-state index contributed by atoms with van der Waals surface area (Å²) in [5.41, 5.74) is 3.91. The molecule has 0 atom stereocenters. The first kappa shape index (κ1) is 16.0. The van der Waals surface area contributed by atoms with Crippen LogP contribution in [0.25, 0.3) is 0 Å². The van der Waals surface area contributed by atoms with E-state index in [-0.39, 0.29) is 5.97 Å². The van der Waals surface area contributed by atoms with Gasteiger partial charge in [-0.1, -0.05) is 0 Å². The van der Waals surface area contributed by atoms with Crippen LogP contribution in [0.2, 0.25) is 0 Å². The number of nitrogens with one attached hydrogen (secondary N) is 3. The molecular formula is C15H18N4O2S. The van der Waals surface area contributed by atoms with E-state index in [0.29, 0.717) is 17.3 Å². The van der Waals surface area contributed by atoms with Crippen LogP contribution in [0.4, 0.5) is 11.4 Å². The van der Waals surface area contributed by atoms with E-state index in [4.69, 9.17) is 17.0 Å². The maximum Gasteiger partial charge on any atom is 0.338 e. The standard InChI is InChI=1S/C15H18N4O2S/c1-4-21-14(20)11-5-7-12(8-6-11)16-15(22)17-13-9(2)18-19-10(13)3/h5-8H,4H2,1-3H3,(H,18,19)(H2,16,17,22). The summed E-state index contributed by atoms with van der Waals surface area (Å²) >= 11 is 5.27. The number of H-pyrrole nitrogens is 1. The fourth-order valence-corrected chi connectivity index (χ4v) is 2.13. The van der Waals surface area contributed by atoms with Crippen LogP contribution in [0.3, 0.4) is 0 Å². The van der Waals surface area contributed by atoms with E-state index >= 15 is 0 Å². The lowest BCUT2D eigenvalue weighted by Crippen LogP contribution is -2.19. The normalized spacial score (nSPS) is 10.1. The van der Waals surface area contributed by atoms with Gasteiger partial charge in [-0.25, -0.2) is 4.79 Å². The number of carbonyl (C=O) groups is 1. The number of hydrogen-bond acceptors (Lipinski definition) is 4. The van der Waals surface area contributed by atoms with Crippen LogP contribution in [-0.4, -0.2) is 27.9 Å². The Morgan fingerprint density at radius 1 is 1.27 bits per heavy atom. The molecule has 1 aromatic carbocycles. The molecule has 2 aromatic rings. The quantitative estimate of drug-likeness (QED) is 0.594. The predicted molar refractivity (Wildman–Crippen MR) is 90.3 cm³/mol. The fraction of sp³-hybridized carbons (Fsp3) is 0.267. The van der Waals surface area contributed by atoms with E-state index in [1.807, 2.05) is 13.8 Å². The number of anilines is 2. The first-order valence-electron chi connectivity index (χ1n) is 6.88. The molecule has 1 heterocycles. The Hall–Kier alpha value is -2.41. The van der Waals surface area contributed by atoms with Crippen LogP contribution in [-0.2, 0) is 4.74 Å². The van der Waals surface area contributed by atoms with Gasteiger partial charge in [0.25, 0.3) is 0 Å². The van der Waals surface area contributed by atoms with Crippen LogP contribution < -0.4 is 10.6 Å². The molecule has 0 aliphatic heterocycles. The van der Waals surface area contributed by atoms with Crippen molar-refractivity contribution in [2.75, 3.05) is 17.2 Å². The summed E-state index contributed by atoms with van der Waals surface area (Å²) in [6, 6.07) is 6.93. The third-order valence-corrected chi connectivity index (χ3v) is 3.22. The van der Waals surface area contributed by atoms with Crippen molar-refractivity contribution < 1.29 is 9.53 Å². The smallest absolute Gasteiger partial charge is 0.338 e. The molecule has 116 valence electrons. The molecule has 0 amide bonds. The monoisotopic (exact) mass is 318 g/mol. The minimum atomic E-state index is -0.334. The maximum atomic E-state index is 11.6. The molecule has 1 aromatic heterocycles. The highest BCUT2D eigenvalue weighted by Gasteiger charge is 2.09. The first-order valence-corrected chi connectivity index (χ1v) is 7.28. The minimum Gasteiger partial charge on any atom is -0.462 e. The van der Waals surface area contributed by atoms with Crippen molar-refractivity contribution in [2.24, 2.45) is 0 Å². The average molecular weight is 318 g/mol. The Morgan fingerprint density at radius 3 is 2.50 bits per heavy atom. The average Bonchev–Trinajstić information content (AvgIpc) is 2.80. The van der Waals surface area contributed by atoms with Gasteiger partial charge in [0.15, 0.2) is 5.11 Å². The molecule has 0 fully saturated rings. The molecule has 0 saturated heterocycles. The van der Waals surface area contributed by atoms with Gasteiger partial charge in [-0.15, -0.1) is 0 Å². The Bertz CT molecular complexity index is 660. The van der Waals surface area contributed by atoms with Crippen LogP contribution in [0.5, 0.6) is 0 Å². The summed E-state index contributed by atoms with van der Waals surface area (Å²) < 4.78 is 4.94. The molecular weight excluding hydrogens is 300 g/mol. The van der Waals surface area contributed by atoms with Crippen LogP contribution in [0, 0.1) is 13.8 Å². The number of nitrogens with zero attached hydrogens (tertiary/aromatic N) is 1. The van der Waals surface area contributed by atoms with E-state index in [1.165, 1.54) is 0 Å². The van der Waals surface area contributed by atoms with Gasteiger partial charge >= 0.3 is 5.97 Å². The highest BCUT2D eigenvalue weighted by molar-refractivity contribution is 7.80. The van der Waals surface area contributed by atoms with Crippen LogP contribution in [0.15, 0.2) is 24.3 Å². The number of aryl methyl sites for hydroxylation is 2.